The maximum atomic E-state index is 12.0. The Morgan fingerprint density at radius 2 is 1.92 bits per heavy atom. The molecule has 0 spiro atoms. The van der Waals surface area contributed by atoms with E-state index in [0.29, 0.717) is 17.0 Å². The molecule has 0 radical (unpaired) electrons. The first kappa shape index (κ1) is 19.1. The van der Waals surface area contributed by atoms with Gasteiger partial charge in [-0.1, -0.05) is 12.1 Å². The molecule has 8 heteroatoms. The highest BCUT2D eigenvalue weighted by Crippen LogP contribution is 2.18. The van der Waals surface area contributed by atoms with Gasteiger partial charge < -0.3 is 14.8 Å². The highest BCUT2D eigenvalue weighted by atomic mass is 32.1. The fourth-order valence-electron chi connectivity index (χ4n) is 1.91. The van der Waals surface area contributed by atoms with E-state index in [1.807, 2.05) is 6.07 Å². The van der Waals surface area contributed by atoms with Crippen molar-refractivity contribution in [2.75, 3.05) is 13.2 Å². The van der Waals surface area contributed by atoms with Gasteiger partial charge in [-0.05, 0) is 24.3 Å². The monoisotopic (exact) mass is 372 g/mol. The lowest BCUT2D eigenvalue weighted by Crippen LogP contribution is -2.19. The zero-order chi connectivity index (χ0) is 18.9. The van der Waals surface area contributed by atoms with Gasteiger partial charge in [-0.3, -0.25) is 9.59 Å². The minimum atomic E-state index is -0.707. The Balaban J connectivity index is 1.79. The topological polar surface area (TPSA) is 105 Å². The van der Waals surface area contributed by atoms with Crippen molar-refractivity contribution < 1.29 is 23.9 Å². The fraction of sp³-hybridized carbons (Fsp3) is 0.222. The molecule has 0 fully saturated rings. The summed E-state index contributed by atoms with van der Waals surface area (Å²) in [7, 11) is 0. The predicted octanol–water partition coefficient (Wildman–Crippen LogP) is 2.06. The average Bonchev–Trinajstić information content (AvgIpc) is 3.12. The summed E-state index contributed by atoms with van der Waals surface area (Å²) in [6.07, 6.45) is 0. The van der Waals surface area contributed by atoms with Crippen LogP contribution in [0.4, 0.5) is 0 Å². The van der Waals surface area contributed by atoms with Crippen molar-refractivity contribution in [1.29, 1.82) is 5.26 Å². The number of esters is 1. The fourth-order valence-corrected chi connectivity index (χ4v) is 2.79. The number of nitrogens with one attached hydrogen (secondary N) is 1. The Kier molecular flexibility index (Phi) is 6.88. The second kappa shape index (κ2) is 9.34. The Morgan fingerprint density at radius 1 is 1.15 bits per heavy atom. The molecule has 1 aromatic heterocycles. The van der Waals surface area contributed by atoms with Gasteiger partial charge >= 0.3 is 5.97 Å². The number of carbonyl (C=O) groups excluding carboxylic acids is 3. The van der Waals surface area contributed by atoms with Crippen LogP contribution in [0.25, 0.3) is 0 Å². The summed E-state index contributed by atoms with van der Waals surface area (Å²) in [6, 6.07) is 11.8. The summed E-state index contributed by atoms with van der Waals surface area (Å²) in [5, 5.41) is 11.6. The van der Waals surface area contributed by atoms with E-state index < -0.39 is 19.2 Å². The molecule has 0 atom stereocenters. The van der Waals surface area contributed by atoms with Crippen LogP contribution in [0.3, 0.4) is 0 Å². The van der Waals surface area contributed by atoms with Crippen molar-refractivity contribution >= 4 is 29.0 Å². The minimum absolute atomic E-state index is 0.154. The van der Waals surface area contributed by atoms with Crippen LogP contribution in [0.15, 0.2) is 36.4 Å². The number of nitrogens with zero attached hydrogens (tertiary/aromatic N) is 1. The maximum Gasteiger partial charge on any atom is 0.344 e. The third-order valence-electron chi connectivity index (χ3n) is 3.17. The minimum Gasteiger partial charge on any atom is -0.481 e. The van der Waals surface area contributed by atoms with E-state index >= 15 is 0 Å². The van der Waals surface area contributed by atoms with Crippen LogP contribution < -0.4 is 10.1 Å². The molecule has 0 bridgehead atoms. The molecule has 2 aromatic rings. The molecule has 7 nitrogen and oxygen atoms in total. The van der Waals surface area contributed by atoms with Gasteiger partial charge in [0.05, 0.1) is 17.0 Å². The highest BCUT2D eigenvalue weighted by Gasteiger charge is 2.13. The van der Waals surface area contributed by atoms with E-state index in [4.69, 9.17) is 14.7 Å². The Morgan fingerprint density at radius 3 is 2.65 bits per heavy atom. The van der Waals surface area contributed by atoms with Gasteiger partial charge in [0.15, 0.2) is 13.2 Å². The number of rotatable bonds is 8. The number of carbonyl (C=O) groups is 3. The van der Waals surface area contributed by atoms with Crippen molar-refractivity contribution in [2.45, 2.75) is 13.5 Å². The number of amides is 1. The summed E-state index contributed by atoms with van der Waals surface area (Å²) in [5.41, 5.74) is 0.307. The van der Waals surface area contributed by atoms with E-state index in [-0.39, 0.29) is 17.4 Å². The summed E-state index contributed by atoms with van der Waals surface area (Å²) in [4.78, 5) is 35.9. The summed E-state index contributed by atoms with van der Waals surface area (Å²) in [5.74, 6) is -0.923. The molecule has 0 saturated heterocycles. The molecule has 1 amide bonds. The second-order valence-corrected chi connectivity index (χ2v) is 6.32. The van der Waals surface area contributed by atoms with Crippen molar-refractivity contribution in [3.05, 3.63) is 51.7 Å². The molecule has 0 saturated carbocycles. The smallest absolute Gasteiger partial charge is 0.344 e. The molecule has 0 aliphatic rings. The van der Waals surface area contributed by atoms with Crippen LogP contribution in [0.5, 0.6) is 5.75 Å². The van der Waals surface area contributed by atoms with Gasteiger partial charge in [0, 0.05) is 11.8 Å². The average molecular weight is 372 g/mol. The van der Waals surface area contributed by atoms with Crippen molar-refractivity contribution in [1.82, 2.24) is 5.32 Å². The lowest BCUT2D eigenvalue weighted by Gasteiger charge is -2.07. The standard InChI is InChI=1S/C18H16N2O5S/c1-12(21)20-9-14-6-7-17(26-14)15(22)10-25-18(23)11-24-16-5-3-2-4-13(16)8-19/h2-7H,9-11H2,1H3,(H,20,21). The largest absolute Gasteiger partial charge is 0.481 e. The molecular formula is C18H16N2O5S. The van der Waals surface area contributed by atoms with Crippen molar-refractivity contribution in [3.8, 4) is 11.8 Å². The van der Waals surface area contributed by atoms with Crippen LogP contribution in [0.1, 0.15) is 27.0 Å². The molecule has 1 aromatic carbocycles. The maximum absolute atomic E-state index is 12.0. The van der Waals surface area contributed by atoms with Crippen molar-refractivity contribution in [3.63, 3.8) is 0 Å². The van der Waals surface area contributed by atoms with Gasteiger partial charge in [-0.15, -0.1) is 11.3 Å². The van der Waals surface area contributed by atoms with Gasteiger partial charge in [-0.2, -0.15) is 5.26 Å². The number of ether oxygens (including phenoxy) is 2. The van der Waals surface area contributed by atoms with Crippen LogP contribution in [0.2, 0.25) is 0 Å². The van der Waals surface area contributed by atoms with E-state index in [2.05, 4.69) is 5.32 Å². The number of benzene rings is 1. The lowest BCUT2D eigenvalue weighted by atomic mass is 10.2. The van der Waals surface area contributed by atoms with E-state index in [1.165, 1.54) is 18.3 Å². The van der Waals surface area contributed by atoms with Gasteiger partial charge in [-0.25, -0.2) is 4.79 Å². The number of thiophene rings is 1. The molecule has 0 unspecified atom stereocenters. The second-order valence-electron chi connectivity index (χ2n) is 5.16. The molecule has 1 N–H and O–H groups in total. The van der Waals surface area contributed by atoms with Crippen LogP contribution >= 0.6 is 11.3 Å². The van der Waals surface area contributed by atoms with E-state index in [9.17, 15) is 14.4 Å². The molecule has 0 aliphatic carbocycles. The Hall–Kier alpha value is -3.18. The number of hydrogen-bond acceptors (Lipinski definition) is 7. The van der Waals surface area contributed by atoms with Gasteiger partial charge in [0.2, 0.25) is 11.7 Å². The number of Topliss-reactive ketones (excluding diaryl/α,β-unsaturated/α-hetero) is 1. The molecule has 0 aliphatic heterocycles. The number of hydrogen-bond donors (Lipinski definition) is 1. The first-order valence-corrected chi connectivity index (χ1v) is 8.45. The zero-order valence-electron chi connectivity index (χ0n) is 14.0. The predicted molar refractivity (Wildman–Crippen MR) is 93.8 cm³/mol. The van der Waals surface area contributed by atoms with Crippen LogP contribution in [-0.4, -0.2) is 30.9 Å². The van der Waals surface area contributed by atoms with Crippen LogP contribution in [-0.2, 0) is 20.9 Å². The molecular weight excluding hydrogens is 356 g/mol. The Bertz CT molecular complexity index is 853. The number of para-hydroxylation sites is 1. The number of nitriles is 1. The zero-order valence-corrected chi connectivity index (χ0v) is 14.8. The molecule has 134 valence electrons. The summed E-state index contributed by atoms with van der Waals surface area (Å²) in [6.45, 7) is 0.960. The van der Waals surface area contributed by atoms with Gasteiger partial charge in [0.25, 0.3) is 0 Å². The first-order chi connectivity index (χ1) is 12.5. The first-order valence-electron chi connectivity index (χ1n) is 7.63. The summed E-state index contributed by atoms with van der Waals surface area (Å²) >= 11 is 1.23. The summed E-state index contributed by atoms with van der Waals surface area (Å²) < 4.78 is 10.1. The van der Waals surface area contributed by atoms with Gasteiger partial charge in [0.1, 0.15) is 11.8 Å². The molecule has 1 heterocycles. The number of ketones is 1. The molecule has 2 rings (SSSR count). The SMILES string of the molecule is CC(=O)NCc1ccc(C(=O)COC(=O)COc2ccccc2C#N)s1. The third-order valence-corrected chi connectivity index (χ3v) is 4.29. The Labute approximate surface area is 154 Å². The third kappa shape index (κ3) is 5.72. The normalized spacial score (nSPS) is 9.85. The highest BCUT2D eigenvalue weighted by molar-refractivity contribution is 7.14. The quantitative estimate of drug-likeness (QED) is 0.562. The van der Waals surface area contributed by atoms with E-state index in [1.54, 1.807) is 36.4 Å². The molecule has 26 heavy (non-hydrogen) atoms. The van der Waals surface area contributed by atoms with E-state index in [0.717, 1.165) is 4.88 Å². The van der Waals surface area contributed by atoms with Crippen molar-refractivity contribution in [2.24, 2.45) is 0 Å². The lowest BCUT2D eigenvalue weighted by molar-refractivity contribution is -0.144. The van der Waals surface area contributed by atoms with Crippen LogP contribution in [0, 0.1) is 11.3 Å².